The molecule has 1 saturated carbocycles. The summed E-state index contributed by atoms with van der Waals surface area (Å²) in [6, 6.07) is 0. The summed E-state index contributed by atoms with van der Waals surface area (Å²) in [6.07, 6.45) is 11.0. The van der Waals surface area contributed by atoms with Crippen LogP contribution in [0.25, 0.3) is 0 Å². The van der Waals surface area contributed by atoms with E-state index in [-0.39, 0.29) is 0 Å². The van der Waals surface area contributed by atoms with Gasteiger partial charge in [0.05, 0.1) is 0 Å². The zero-order valence-corrected chi connectivity index (χ0v) is 11.2. The average Bonchev–Trinajstić information content (AvgIpc) is 2.75. The normalized spacial score (nSPS) is 17.6. The van der Waals surface area contributed by atoms with Crippen molar-refractivity contribution in [1.82, 2.24) is 9.55 Å². The van der Waals surface area contributed by atoms with Gasteiger partial charge in [-0.1, -0.05) is 33.1 Å². The van der Waals surface area contributed by atoms with Gasteiger partial charge in [0, 0.05) is 25.5 Å². The van der Waals surface area contributed by atoms with Crippen LogP contribution in [0.15, 0.2) is 12.4 Å². The second-order valence-electron chi connectivity index (χ2n) is 5.68. The molecule has 0 amide bonds. The average molecular weight is 235 g/mol. The third-order valence-corrected chi connectivity index (χ3v) is 3.56. The van der Waals surface area contributed by atoms with E-state index in [1.54, 1.807) is 0 Å². The second kappa shape index (κ2) is 6.08. The third kappa shape index (κ3) is 3.76. The van der Waals surface area contributed by atoms with Crippen LogP contribution in [0.1, 0.15) is 46.0 Å². The molecule has 2 rings (SSSR count). The molecular formula is C14H25N3. The number of anilines is 1. The Balaban J connectivity index is 1.88. The first-order valence-electron chi connectivity index (χ1n) is 7.00. The van der Waals surface area contributed by atoms with Gasteiger partial charge in [-0.25, -0.2) is 4.98 Å². The molecule has 0 bridgehead atoms. The number of nitrogens with zero attached hydrogens (tertiary/aromatic N) is 2. The molecule has 17 heavy (non-hydrogen) atoms. The lowest BCUT2D eigenvalue weighted by Crippen LogP contribution is -2.17. The van der Waals surface area contributed by atoms with Crippen LogP contribution in [0, 0.1) is 11.8 Å². The lowest BCUT2D eigenvalue weighted by molar-refractivity contribution is 0.320. The van der Waals surface area contributed by atoms with Gasteiger partial charge in [0.2, 0.25) is 5.95 Å². The van der Waals surface area contributed by atoms with Crippen LogP contribution in [0.3, 0.4) is 0 Å². The van der Waals surface area contributed by atoms with Crippen molar-refractivity contribution in [1.29, 1.82) is 0 Å². The van der Waals surface area contributed by atoms with E-state index in [0.29, 0.717) is 5.92 Å². The number of imidazole rings is 1. The van der Waals surface area contributed by atoms with Crippen LogP contribution in [-0.2, 0) is 6.54 Å². The van der Waals surface area contributed by atoms with E-state index >= 15 is 0 Å². The fourth-order valence-electron chi connectivity index (χ4n) is 2.57. The molecule has 1 aliphatic carbocycles. The van der Waals surface area contributed by atoms with E-state index in [1.165, 1.54) is 32.1 Å². The van der Waals surface area contributed by atoms with Crippen LogP contribution in [-0.4, -0.2) is 16.1 Å². The van der Waals surface area contributed by atoms with Gasteiger partial charge < -0.3 is 9.88 Å². The molecule has 0 radical (unpaired) electrons. The Morgan fingerprint density at radius 2 is 2.12 bits per heavy atom. The van der Waals surface area contributed by atoms with Gasteiger partial charge in [-0.2, -0.15) is 0 Å². The maximum absolute atomic E-state index is 4.41. The Kier molecular flexibility index (Phi) is 4.46. The highest BCUT2D eigenvalue weighted by Crippen LogP contribution is 2.25. The summed E-state index contributed by atoms with van der Waals surface area (Å²) < 4.78 is 2.29. The Morgan fingerprint density at radius 1 is 1.35 bits per heavy atom. The number of hydrogen-bond donors (Lipinski definition) is 1. The highest BCUT2D eigenvalue weighted by atomic mass is 15.2. The van der Waals surface area contributed by atoms with E-state index in [9.17, 15) is 0 Å². The predicted octanol–water partition coefficient (Wildman–Crippen LogP) is 3.53. The van der Waals surface area contributed by atoms with Crippen molar-refractivity contribution in [2.45, 2.75) is 52.5 Å². The van der Waals surface area contributed by atoms with Gasteiger partial charge in [0.1, 0.15) is 0 Å². The number of hydrogen-bond acceptors (Lipinski definition) is 2. The van der Waals surface area contributed by atoms with Gasteiger partial charge in [0.25, 0.3) is 0 Å². The summed E-state index contributed by atoms with van der Waals surface area (Å²) in [4.78, 5) is 4.41. The Morgan fingerprint density at radius 3 is 2.82 bits per heavy atom. The molecule has 0 aliphatic heterocycles. The standard InChI is InChI=1S/C14H25N3/c1-12(2)10-16-14-15-8-9-17(14)11-13-6-4-3-5-7-13/h8-9,12-13H,3-7,10-11H2,1-2H3,(H,15,16). The minimum atomic E-state index is 0.662. The Hall–Kier alpha value is -0.990. The highest BCUT2D eigenvalue weighted by molar-refractivity contribution is 5.25. The minimum Gasteiger partial charge on any atom is -0.355 e. The summed E-state index contributed by atoms with van der Waals surface area (Å²) in [7, 11) is 0. The minimum absolute atomic E-state index is 0.662. The smallest absolute Gasteiger partial charge is 0.202 e. The molecule has 0 aromatic carbocycles. The first kappa shape index (κ1) is 12.5. The summed E-state index contributed by atoms with van der Waals surface area (Å²) in [5.41, 5.74) is 0. The molecule has 0 spiro atoms. The van der Waals surface area contributed by atoms with Crippen molar-refractivity contribution in [3.05, 3.63) is 12.4 Å². The quantitative estimate of drug-likeness (QED) is 0.846. The van der Waals surface area contributed by atoms with E-state index in [1.807, 2.05) is 6.20 Å². The van der Waals surface area contributed by atoms with Gasteiger partial charge in [-0.15, -0.1) is 0 Å². The first-order valence-corrected chi connectivity index (χ1v) is 7.00. The summed E-state index contributed by atoms with van der Waals surface area (Å²) >= 11 is 0. The number of nitrogens with one attached hydrogen (secondary N) is 1. The lowest BCUT2D eigenvalue weighted by atomic mass is 9.89. The van der Waals surface area contributed by atoms with Gasteiger partial charge in [-0.3, -0.25) is 0 Å². The molecule has 1 aromatic rings. The van der Waals surface area contributed by atoms with Crippen LogP contribution < -0.4 is 5.32 Å². The van der Waals surface area contributed by atoms with Crippen molar-refractivity contribution in [2.75, 3.05) is 11.9 Å². The van der Waals surface area contributed by atoms with Crippen LogP contribution >= 0.6 is 0 Å². The van der Waals surface area contributed by atoms with Crippen molar-refractivity contribution in [3.63, 3.8) is 0 Å². The number of aromatic nitrogens is 2. The third-order valence-electron chi connectivity index (χ3n) is 3.56. The first-order chi connectivity index (χ1) is 8.25. The van der Waals surface area contributed by atoms with E-state index in [4.69, 9.17) is 0 Å². The molecule has 0 saturated heterocycles. The van der Waals surface area contributed by atoms with E-state index < -0.39 is 0 Å². The van der Waals surface area contributed by atoms with Crippen molar-refractivity contribution < 1.29 is 0 Å². The fourth-order valence-corrected chi connectivity index (χ4v) is 2.57. The van der Waals surface area contributed by atoms with Crippen LogP contribution in [0.2, 0.25) is 0 Å². The SMILES string of the molecule is CC(C)CNc1nccn1CC1CCCCC1. The van der Waals surface area contributed by atoms with E-state index in [2.05, 4.69) is 34.9 Å². The fraction of sp³-hybridized carbons (Fsp3) is 0.786. The van der Waals surface area contributed by atoms with Crippen LogP contribution in [0.5, 0.6) is 0 Å². The van der Waals surface area contributed by atoms with Gasteiger partial charge in [-0.05, 0) is 24.7 Å². The summed E-state index contributed by atoms with van der Waals surface area (Å²) in [5.74, 6) is 2.57. The molecule has 96 valence electrons. The van der Waals surface area contributed by atoms with Gasteiger partial charge in [0.15, 0.2) is 0 Å². The van der Waals surface area contributed by atoms with Crippen molar-refractivity contribution in [2.24, 2.45) is 11.8 Å². The predicted molar refractivity (Wildman–Crippen MR) is 72.1 cm³/mol. The zero-order chi connectivity index (χ0) is 12.1. The Labute approximate surface area is 105 Å². The molecular weight excluding hydrogens is 210 g/mol. The lowest BCUT2D eigenvalue weighted by Gasteiger charge is -2.23. The molecule has 1 heterocycles. The summed E-state index contributed by atoms with van der Waals surface area (Å²) in [5, 5.41) is 3.43. The summed E-state index contributed by atoms with van der Waals surface area (Å²) in [6.45, 7) is 6.59. The Bertz CT molecular complexity index is 324. The molecule has 0 unspecified atom stereocenters. The highest BCUT2D eigenvalue weighted by Gasteiger charge is 2.15. The maximum Gasteiger partial charge on any atom is 0.202 e. The molecule has 1 N–H and O–H groups in total. The molecule has 1 aliphatic rings. The molecule has 3 nitrogen and oxygen atoms in total. The van der Waals surface area contributed by atoms with Gasteiger partial charge >= 0.3 is 0 Å². The maximum atomic E-state index is 4.41. The largest absolute Gasteiger partial charge is 0.355 e. The molecule has 3 heteroatoms. The zero-order valence-electron chi connectivity index (χ0n) is 11.2. The van der Waals surface area contributed by atoms with Crippen molar-refractivity contribution in [3.8, 4) is 0 Å². The van der Waals surface area contributed by atoms with Crippen molar-refractivity contribution >= 4 is 5.95 Å². The number of rotatable bonds is 5. The van der Waals surface area contributed by atoms with Crippen LogP contribution in [0.4, 0.5) is 5.95 Å². The molecule has 0 atom stereocenters. The molecule has 1 fully saturated rings. The molecule has 1 aromatic heterocycles. The topological polar surface area (TPSA) is 29.9 Å². The van der Waals surface area contributed by atoms with E-state index in [0.717, 1.165) is 25.0 Å². The monoisotopic (exact) mass is 235 g/mol. The second-order valence-corrected chi connectivity index (χ2v) is 5.68.